The summed E-state index contributed by atoms with van der Waals surface area (Å²) in [6, 6.07) is 51.7. The molecule has 0 atom stereocenters. The van der Waals surface area contributed by atoms with Crippen molar-refractivity contribution >= 4 is 54.8 Å². The number of benzene rings is 6. The summed E-state index contributed by atoms with van der Waals surface area (Å²) in [6.45, 7) is 6.82. The first-order chi connectivity index (χ1) is 25.0. The van der Waals surface area contributed by atoms with Crippen LogP contribution >= 0.6 is 0 Å². The van der Waals surface area contributed by atoms with Crippen molar-refractivity contribution in [3.63, 3.8) is 0 Å². The highest BCUT2D eigenvalue weighted by Gasteiger charge is 2.24. The number of hydrogen-bond acceptors (Lipinski definition) is 2. The highest BCUT2D eigenvalue weighted by Crippen LogP contribution is 2.41. The molecule has 0 unspecified atom stereocenters. The number of aromatic amines is 1. The minimum absolute atomic E-state index is 0.0277. The van der Waals surface area contributed by atoms with Crippen LogP contribution in [0.1, 0.15) is 26.3 Å². The van der Waals surface area contributed by atoms with Gasteiger partial charge in [0, 0.05) is 55.8 Å². The molecule has 5 heteroatoms. The Morgan fingerprint density at radius 2 is 1.25 bits per heavy atom. The summed E-state index contributed by atoms with van der Waals surface area (Å²) in [5, 5.41) is 4.83. The zero-order chi connectivity index (χ0) is 34.3. The molecular weight excluding hydrogens is 623 g/mol. The van der Waals surface area contributed by atoms with E-state index < -0.39 is 0 Å². The summed E-state index contributed by atoms with van der Waals surface area (Å²) < 4.78 is 4.61. The van der Waals surface area contributed by atoms with Gasteiger partial charge in [0.2, 0.25) is 0 Å². The van der Waals surface area contributed by atoms with Crippen LogP contribution < -0.4 is 0 Å². The second kappa shape index (κ2) is 11.0. The molecule has 51 heavy (non-hydrogen) atoms. The van der Waals surface area contributed by atoms with E-state index >= 15 is 0 Å². The van der Waals surface area contributed by atoms with Gasteiger partial charge in [0.15, 0.2) is 0 Å². The number of para-hydroxylation sites is 5. The highest BCUT2D eigenvalue weighted by molar-refractivity contribution is 6.12. The van der Waals surface area contributed by atoms with Gasteiger partial charge < -0.3 is 4.98 Å². The topological polar surface area (TPSA) is 51.4 Å². The third-order valence-electron chi connectivity index (χ3n) is 10.3. The van der Waals surface area contributed by atoms with Crippen LogP contribution in [0, 0.1) is 0 Å². The molecule has 4 aromatic heterocycles. The van der Waals surface area contributed by atoms with Crippen LogP contribution in [0.4, 0.5) is 0 Å². The summed E-state index contributed by atoms with van der Waals surface area (Å²) in [7, 11) is 0. The van der Waals surface area contributed by atoms with E-state index in [0.717, 1.165) is 67.1 Å². The minimum Gasteiger partial charge on any atom is -0.354 e. The van der Waals surface area contributed by atoms with E-state index in [1.165, 1.54) is 27.1 Å². The van der Waals surface area contributed by atoms with Gasteiger partial charge in [-0.1, -0.05) is 112 Å². The third-order valence-corrected chi connectivity index (χ3v) is 10.3. The van der Waals surface area contributed by atoms with Gasteiger partial charge in [0.05, 0.1) is 22.1 Å². The van der Waals surface area contributed by atoms with Crippen molar-refractivity contribution < 1.29 is 0 Å². The van der Waals surface area contributed by atoms with Crippen LogP contribution in [-0.4, -0.2) is 24.1 Å². The highest BCUT2D eigenvalue weighted by atomic mass is 15.1. The Bertz CT molecular complexity index is 2950. The van der Waals surface area contributed by atoms with Gasteiger partial charge in [-0.05, 0) is 71.1 Å². The average molecular weight is 658 g/mol. The number of hydrogen-bond donors (Lipinski definition) is 1. The molecule has 0 saturated carbocycles. The van der Waals surface area contributed by atoms with Crippen molar-refractivity contribution in [1.82, 2.24) is 24.1 Å². The van der Waals surface area contributed by atoms with Crippen molar-refractivity contribution in [2.24, 2.45) is 0 Å². The third kappa shape index (κ3) is 4.48. The summed E-state index contributed by atoms with van der Waals surface area (Å²) in [5.74, 6) is 0.901. The predicted molar refractivity (Wildman–Crippen MR) is 212 cm³/mol. The summed E-state index contributed by atoms with van der Waals surface area (Å²) in [6.07, 6.45) is 1.95. The molecule has 10 aromatic rings. The monoisotopic (exact) mass is 657 g/mol. The van der Waals surface area contributed by atoms with Crippen LogP contribution in [0.3, 0.4) is 0 Å². The quantitative estimate of drug-likeness (QED) is 0.205. The standard InChI is InChI=1S/C46H35N5/c1-46(2,3)37-26-27-47-45-41(37)35-19-8-10-24-39(35)51(45)31-17-11-14-29(28-31)32-20-13-25-40-43(32)49-44(50(40)30-15-5-4-6-16-30)36-22-12-21-34-33-18-7-9-23-38(33)48-42(34)36/h4-28,48H,1-3H3. The summed E-state index contributed by atoms with van der Waals surface area (Å²) >= 11 is 0. The Hall–Kier alpha value is -6.46. The lowest BCUT2D eigenvalue weighted by Gasteiger charge is -2.20. The van der Waals surface area contributed by atoms with E-state index in [2.05, 4.69) is 180 Å². The molecule has 0 radical (unpaired) electrons. The van der Waals surface area contributed by atoms with Crippen LogP contribution in [-0.2, 0) is 5.41 Å². The van der Waals surface area contributed by atoms with Gasteiger partial charge in [0.1, 0.15) is 11.5 Å². The number of pyridine rings is 1. The smallest absolute Gasteiger partial charge is 0.147 e. The lowest BCUT2D eigenvalue weighted by molar-refractivity contribution is 0.595. The first-order valence-corrected chi connectivity index (χ1v) is 17.5. The number of fused-ring (bicyclic) bond motifs is 7. The van der Waals surface area contributed by atoms with E-state index in [9.17, 15) is 0 Å². The Kier molecular flexibility index (Phi) is 6.37. The number of imidazole rings is 1. The van der Waals surface area contributed by atoms with Crippen molar-refractivity contribution in [1.29, 1.82) is 0 Å². The Balaban J connectivity index is 1.22. The van der Waals surface area contributed by atoms with Gasteiger partial charge in [-0.3, -0.25) is 9.13 Å². The van der Waals surface area contributed by atoms with E-state index in [4.69, 9.17) is 9.97 Å². The van der Waals surface area contributed by atoms with E-state index in [1.54, 1.807) is 0 Å². The minimum atomic E-state index is -0.0277. The maximum absolute atomic E-state index is 5.51. The SMILES string of the molecule is CC(C)(C)c1ccnc2c1c1ccccc1n2-c1cccc(-c2cccc3c2nc(-c2cccc4c2[nH]c2ccccc24)n3-c2ccccc2)c1. The van der Waals surface area contributed by atoms with Crippen LogP contribution in [0.2, 0.25) is 0 Å². The Morgan fingerprint density at radius 3 is 2.12 bits per heavy atom. The fourth-order valence-electron chi connectivity index (χ4n) is 7.99. The lowest BCUT2D eigenvalue weighted by Crippen LogP contribution is -2.11. The molecule has 244 valence electrons. The predicted octanol–water partition coefficient (Wildman–Crippen LogP) is 11.8. The first-order valence-electron chi connectivity index (χ1n) is 17.5. The Morgan fingerprint density at radius 1 is 0.569 bits per heavy atom. The molecule has 0 bridgehead atoms. The van der Waals surface area contributed by atoms with Crippen molar-refractivity contribution in [3.05, 3.63) is 157 Å². The molecule has 0 aliphatic heterocycles. The molecule has 10 rings (SSSR count). The number of nitrogens with one attached hydrogen (secondary N) is 1. The molecule has 0 saturated heterocycles. The molecule has 6 aromatic carbocycles. The van der Waals surface area contributed by atoms with Gasteiger partial charge in [0.25, 0.3) is 0 Å². The largest absolute Gasteiger partial charge is 0.354 e. The van der Waals surface area contributed by atoms with E-state index in [1.807, 2.05) is 6.20 Å². The van der Waals surface area contributed by atoms with Crippen LogP contribution in [0.15, 0.2) is 152 Å². The second-order valence-electron chi connectivity index (χ2n) is 14.4. The fourth-order valence-corrected chi connectivity index (χ4v) is 7.99. The van der Waals surface area contributed by atoms with Crippen molar-refractivity contribution in [2.75, 3.05) is 0 Å². The summed E-state index contributed by atoms with van der Waals surface area (Å²) in [5.41, 5.74) is 13.0. The van der Waals surface area contributed by atoms with Gasteiger partial charge in [-0.15, -0.1) is 0 Å². The zero-order valence-corrected chi connectivity index (χ0v) is 28.7. The fraction of sp³-hybridized carbons (Fsp3) is 0.0870. The van der Waals surface area contributed by atoms with Crippen LogP contribution in [0.5, 0.6) is 0 Å². The molecule has 4 heterocycles. The molecule has 0 amide bonds. The second-order valence-corrected chi connectivity index (χ2v) is 14.4. The van der Waals surface area contributed by atoms with Crippen LogP contribution in [0.25, 0.3) is 88.7 Å². The number of aromatic nitrogens is 5. The molecule has 1 N–H and O–H groups in total. The average Bonchev–Trinajstić information content (AvgIpc) is 3.84. The molecule has 0 aliphatic carbocycles. The number of rotatable bonds is 4. The van der Waals surface area contributed by atoms with E-state index in [0.29, 0.717) is 0 Å². The molecule has 0 spiro atoms. The van der Waals surface area contributed by atoms with Gasteiger partial charge in [-0.2, -0.15) is 0 Å². The van der Waals surface area contributed by atoms with E-state index in [-0.39, 0.29) is 5.41 Å². The maximum atomic E-state index is 5.51. The maximum Gasteiger partial charge on any atom is 0.147 e. The number of H-pyrrole nitrogens is 1. The molecule has 0 aliphatic rings. The lowest BCUT2D eigenvalue weighted by atomic mass is 9.85. The molecule has 5 nitrogen and oxygen atoms in total. The molecular formula is C46H35N5. The Labute approximate surface area is 295 Å². The molecule has 0 fully saturated rings. The van der Waals surface area contributed by atoms with Crippen molar-refractivity contribution in [2.45, 2.75) is 26.2 Å². The number of nitrogens with zero attached hydrogens (tertiary/aromatic N) is 4. The van der Waals surface area contributed by atoms with Gasteiger partial charge in [-0.25, -0.2) is 9.97 Å². The normalized spacial score (nSPS) is 12.2. The summed E-state index contributed by atoms with van der Waals surface area (Å²) in [4.78, 5) is 14.2. The van der Waals surface area contributed by atoms with Crippen molar-refractivity contribution in [3.8, 4) is 33.9 Å². The zero-order valence-electron chi connectivity index (χ0n) is 28.7. The first kappa shape index (κ1) is 29.5. The van der Waals surface area contributed by atoms with Gasteiger partial charge >= 0.3 is 0 Å².